The van der Waals surface area contributed by atoms with Gasteiger partial charge in [0.05, 0.1) is 17.4 Å². The van der Waals surface area contributed by atoms with E-state index in [9.17, 15) is 4.79 Å². The molecule has 0 saturated carbocycles. The summed E-state index contributed by atoms with van der Waals surface area (Å²) in [6.07, 6.45) is 1.81. The van der Waals surface area contributed by atoms with Gasteiger partial charge in [0.25, 0.3) is 0 Å². The summed E-state index contributed by atoms with van der Waals surface area (Å²) < 4.78 is 6.72. The summed E-state index contributed by atoms with van der Waals surface area (Å²) in [5.41, 5.74) is 2.74. The summed E-state index contributed by atoms with van der Waals surface area (Å²) in [5, 5.41) is 14.3. The van der Waals surface area contributed by atoms with Crippen LogP contribution in [0.1, 0.15) is 11.3 Å². The average molecular weight is 285 g/mol. The molecule has 108 valence electrons. The average Bonchev–Trinajstić information content (AvgIpc) is 3.03. The lowest BCUT2D eigenvalue weighted by atomic mass is 10.1. The quantitative estimate of drug-likeness (QED) is 0.772. The van der Waals surface area contributed by atoms with Gasteiger partial charge >= 0.3 is 6.03 Å². The highest BCUT2D eigenvalue weighted by Gasteiger charge is 2.06. The molecule has 2 heterocycles. The van der Waals surface area contributed by atoms with E-state index in [1.807, 2.05) is 31.4 Å². The molecule has 0 unspecified atom stereocenters. The number of rotatable bonds is 3. The summed E-state index contributed by atoms with van der Waals surface area (Å²) in [7, 11) is 1.89. The molecule has 0 spiro atoms. The Bertz CT molecular complexity index is 790. The number of hydrogen-bond donors (Lipinski definition) is 2. The Morgan fingerprint density at radius 1 is 1.38 bits per heavy atom. The first-order chi connectivity index (χ1) is 10.1. The number of amides is 2. The van der Waals surface area contributed by atoms with Crippen molar-refractivity contribution in [2.45, 2.75) is 13.5 Å². The fraction of sp³-hybridized carbons (Fsp3) is 0.214. The predicted molar refractivity (Wildman–Crippen MR) is 77.8 cm³/mol. The minimum atomic E-state index is -0.337. The van der Waals surface area contributed by atoms with Crippen LogP contribution in [0.3, 0.4) is 0 Å². The van der Waals surface area contributed by atoms with Gasteiger partial charge in [-0.15, -0.1) is 0 Å². The summed E-state index contributed by atoms with van der Waals surface area (Å²) in [6, 6.07) is 7.26. The Morgan fingerprint density at radius 2 is 2.24 bits per heavy atom. The lowest BCUT2D eigenvalue weighted by Crippen LogP contribution is -2.27. The van der Waals surface area contributed by atoms with E-state index in [-0.39, 0.29) is 6.03 Å². The summed E-state index contributed by atoms with van der Waals surface area (Å²) in [5.74, 6) is 0.326. The van der Waals surface area contributed by atoms with Crippen molar-refractivity contribution in [3.8, 4) is 0 Å². The van der Waals surface area contributed by atoms with E-state index in [4.69, 9.17) is 4.52 Å². The number of aromatic nitrogens is 3. The van der Waals surface area contributed by atoms with E-state index < -0.39 is 0 Å². The number of hydrogen-bond acceptors (Lipinski definition) is 4. The molecule has 2 amide bonds. The molecule has 0 aliphatic carbocycles. The number of urea groups is 1. The molecule has 7 heteroatoms. The number of aryl methyl sites for hydroxylation is 2. The fourth-order valence-electron chi connectivity index (χ4n) is 2.06. The van der Waals surface area contributed by atoms with Crippen LogP contribution in [0.2, 0.25) is 0 Å². The van der Waals surface area contributed by atoms with Crippen molar-refractivity contribution in [1.82, 2.24) is 20.3 Å². The van der Waals surface area contributed by atoms with Crippen molar-refractivity contribution in [1.29, 1.82) is 0 Å². The Balaban J connectivity index is 1.63. The Kier molecular flexibility index (Phi) is 3.31. The van der Waals surface area contributed by atoms with Crippen LogP contribution >= 0.6 is 0 Å². The van der Waals surface area contributed by atoms with Crippen LogP contribution in [0, 0.1) is 6.92 Å². The molecular formula is C14H15N5O2. The van der Waals surface area contributed by atoms with Gasteiger partial charge in [-0.1, -0.05) is 17.3 Å². The molecule has 0 radical (unpaired) electrons. The number of fused-ring (bicyclic) bond motifs is 1. The highest BCUT2D eigenvalue weighted by atomic mass is 16.5. The van der Waals surface area contributed by atoms with Gasteiger partial charge in [0, 0.05) is 25.0 Å². The molecule has 0 aliphatic heterocycles. The third-order valence-corrected chi connectivity index (χ3v) is 3.13. The van der Waals surface area contributed by atoms with E-state index in [1.165, 1.54) is 0 Å². The molecule has 3 aromatic rings. The Hall–Kier alpha value is -2.83. The molecule has 7 nitrogen and oxygen atoms in total. The second kappa shape index (κ2) is 5.28. The van der Waals surface area contributed by atoms with Crippen molar-refractivity contribution in [2.24, 2.45) is 7.05 Å². The number of carbonyl (C=O) groups excluding carboxylic acids is 1. The van der Waals surface area contributed by atoms with Gasteiger partial charge < -0.3 is 9.84 Å². The van der Waals surface area contributed by atoms with Crippen LogP contribution in [0.4, 0.5) is 10.7 Å². The first-order valence-corrected chi connectivity index (χ1v) is 6.50. The van der Waals surface area contributed by atoms with E-state index >= 15 is 0 Å². The van der Waals surface area contributed by atoms with E-state index in [1.54, 1.807) is 17.7 Å². The largest absolute Gasteiger partial charge is 0.338 e. The maximum atomic E-state index is 11.7. The van der Waals surface area contributed by atoms with Gasteiger partial charge in [0.2, 0.25) is 5.88 Å². The molecule has 21 heavy (non-hydrogen) atoms. The van der Waals surface area contributed by atoms with E-state index in [0.717, 1.165) is 16.5 Å². The topological polar surface area (TPSA) is 85.0 Å². The minimum Gasteiger partial charge on any atom is -0.338 e. The normalized spacial score (nSPS) is 10.8. The molecule has 0 fully saturated rings. The van der Waals surface area contributed by atoms with Crippen LogP contribution in [0.25, 0.3) is 10.9 Å². The van der Waals surface area contributed by atoms with Crippen LogP contribution in [-0.4, -0.2) is 21.0 Å². The number of carbonyl (C=O) groups is 1. The molecule has 2 N–H and O–H groups in total. The number of anilines is 1. The minimum absolute atomic E-state index is 0.326. The lowest BCUT2D eigenvalue weighted by Gasteiger charge is -2.06. The lowest BCUT2D eigenvalue weighted by molar-refractivity contribution is 0.251. The zero-order valence-corrected chi connectivity index (χ0v) is 11.8. The van der Waals surface area contributed by atoms with E-state index in [2.05, 4.69) is 20.9 Å². The standard InChI is InChI=1S/C14H15N5O2/c1-9-5-13(21-18-9)17-14(20)15-7-10-3-4-11-8-16-19(2)12(11)6-10/h3-6,8H,7H2,1-2H3,(H2,15,17,20). The van der Waals surface area contributed by atoms with Crippen LogP contribution in [0.15, 0.2) is 35.0 Å². The highest BCUT2D eigenvalue weighted by Crippen LogP contribution is 2.14. The molecule has 0 atom stereocenters. The van der Waals surface area contributed by atoms with Crippen molar-refractivity contribution >= 4 is 22.8 Å². The van der Waals surface area contributed by atoms with Gasteiger partial charge in [-0.3, -0.25) is 10.00 Å². The SMILES string of the molecule is Cc1cc(NC(=O)NCc2ccc3cnn(C)c3c2)on1. The highest BCUT2D eigenvalue weighted by molar-refractivity contribution is 5.87. The van der Waals surface area contributed by atoms with Gasteiger partial charge in [-0.2, -0.15) is 5.10 Å². The van der Waals surface area contributed by atoms with Crippen LogP contribution in [-0.2, 0) is 13.6 Å². The second-order valence-electron chi connectivity index (χ2n) is 4.80. The maximum Gasteiger partial charge on any atom is 0.321 e. The summed E-state index contributed by atoms with van der Waals surface area (Å²) in [4.78, 5) is 11.7. The first-order valence-electron chi connectivity index (χ1n) is 6.50. The zero-order chi connectivity index (χ0) is 14.8. The molecular weight excluding hydrogens is 270 g/mol. The summed E-state index contributed by atoms with van der Waals surface area (Å²) in [6.45, 7) is 2.20. The number of nitrogens with one attached hydrogen (secondary N) is 2. The number of benzene rings is 1. The molecule has 0 aliphatic rings. The smallest absolute Gasteiger partial charge is 0.321 e. The van der Waals surface area contributed by atoms with Crippen molar-refractivity contribution < 1.29 is 9.32 Å². The van der Waals surface area contributed by atoms with Gasteiger partial charge in [-0.25, -0.2) is 4.79 Å². The monoisotopic (exact) mass is 285 g/mol. The Morgan fingerprint density at radius 3 is 3.00 bits per heavy atom. The molecule has 3 rings (SSSR count). The molecule has 0 bridgehead atoms. The van der Waals surface area contributed by atoms with Gasteiger partial charge in [0.15, 0.2) is 0 Å². The van der Waals surface area contributed by atoms with E-state index in [0.29, 0.717) is 18.1 Å². The van der Waals surface area contributed by atoms with Crippen LogP contribution < -0.4 is 10.6 Å². The third-order valence-electron chi connectivity index (χ3n) is 3.13. The second-order valence-corrected chi connectivity index (χ2v) is 4.80. The fourth-order valence-corrected chi connectivity index (χ4v) is 2.06. The van der Waals surface area contributed by atoms with Crippen molar-refractivity contribution in [3.63, 3.8) is 0 Å². The first kappa shape index (κ1) is 13.2. The zero-order valence-electron chi connectivity index (χ0n) is 11.8. The molecule has 1 aromatic carbocycles. The van der Waals surface area contributed by atoms with Gasteiger partial charge in [-0.05, 0) is 18.6 Å². The molecule has 2 aromatic heterocycles. The van der Waals surface area contributed by atoms with Gasteiger partial charge in [0.1, 0.15) is 0 Å². The summed E-state index contributed by atoms with van der Waals surface area (Å²) >= 11 is 0. The Labute approximate surface area is 120 Å². The maximum absolute atomic E-state index is 11.7. The van der Waals surface area contributed by atoms with Crippen molar-refractivity contribution in [3.05, 3.63) is 41.7 Å². The van der Waals surface area contributed by atoms with Crippen molar-refractivity contribution in [2.75, 3.05) is 5.32 Å². The van der Waals surface area contributed by atoms with Crippen LogP contribution in [0.5, 0.6) is 0 Å². The molecule has 0 saturated heterocycles. The number of nitrogens with zero attached hydrogens (tertiary/aromatic N) is 3. The third kappa shape index (κ3) is 2.86. The predicted octanol–water partition coefficient (Wildman–Crippen LogP) is 2.19.